The molecule has 0 radical (unpaired) electrons. The van der Waals surface area contributed by atoms with Crippen molar-refractivity contribution in [3.63, 3.8) is 0 Å². The van der Waals surface area contributed by atoms with Crippen molar-refractivity contribution >= 4 is 17.5 Å². The van der Waals surface area contributed by atoms with Gasteiger partial charge in [-0.2, -0.15) is 0 Å². The zero-order chi connectivity index (χ0) is 16.9. The molecule has 0 saturated carbocycles. The van der Waals surface area contributed by atoms with Gasteiger partial charge in [0.25, 0.3) is 5.91 Å². The summed E-state index contributed by atoms with van der Waals surface area (Å²) in [6.45, 7) is 2.41. The Morgan fingerprint density at radius 2 is 2.04 bits per heavy atom. The summed E-state index contributed by atoms with van der Waals surface area (Å²) in [6, 6.07) is 13.1. The maximum absolute atomic E-state index is 12.2. The first-order valence-electron chi connectivity index (χ1n) is 7.53. The topological polar surface area (TPSA) is 54.9 Å². The Kier molecular flexibility index (Phi) is 4.87. The van der Waals surface area contributed by atoms with E-state index in [1.807, 2.05) is 37.3 Å². The Hall–Kier alpha value is -2.72. The van der Waals surface area contributed by atoms with Crippen LogP contribution in [0.25, 0.3) is 11.3 Å². The van der Waals surface area contributed by atoms with Crippen molar-refractivity contribution in [3.8, 4) is 11.3 Å². The number of nitrogens with one attached hydrogen (secondary N) is 1. The van der Waals surface area contributed by atoms with Crippen LogP contribution >= 0.6 is 11.6 Å². The highest BCUT2D eigenvalue weighted by molar-refractivity contribution is 6.33. The van der Waals surface area contributed by atoms with Gasteiger partial charge in [0.1, 0.15) is 0 Å². The Morgan fingerprint density at radius 1 is 1.17 bits per heavy atom. The average molecular weight is 338 g/mol. The lowest BCUT2D eigenvalue weighted by Crippen LogP contribution is -2.22. The maximum atomic E-state index is 12.2. The van der Waals surface area contributed by atoms with Gasteiger partial charge in [-0.1, -0.05) is 29.8 Å². The number of hydrogen-bond acceptors (Lipinski definition) is 3. The molecule has 3 aromatic rings. The minimum absolute atomic E-state index is 0.173. The first kappa shape index (κ1) is 16.1. The average Bonchev–Trinajstić information content (AvgIpc) is 2.61. The van der Waals surface area contributed by atoms with Crippen LogP contribution in [0.3, 0.4) is 0 Å². The predicted octanol–water partition coefficient (Wildman–Crippen LogP) is 4.04. The Morgan fingerprint density at radius 3 is 2.71 bits per heavy atom. The Balaban J connectivity index is 1.71. The number of halogens is 1. The molecule has 0 aliphatic carbocycles. The lowest BCUT2D eigenvalue weighted by molar-refractivity contribution is 0.0950. The van der Waals surface area contributed by atoms with Crippen molar-refractivity contribution < 1.29 is 4.79 Å². The molecule has 0 fully saturated rings. The van der Waals surface area contributed by atoms with Crippen LogP contribution in [0.4, 0.5) is 0 Å². The zero-order valence-electron chi connectivity index (χ0n) is 13.2. The summed E-state index contributed by atoms with van der Waals surface area (Å²) in [5, 5.41) is 3.50. The molecule has 0 spiro atoms. The highest BCUT2D eigenvalue weighted by Crippen LogP contribution is 2.27. The van der Waals surface area contributed by atoms with Gasteiger partial charge in [-0.3, -0.25) is 14.8 Å². The van der Waals surface area contributed by atoms with Gasteiger partial charge in [-0.25, -0.2) is 0 Å². The second-order valence-corrected chi connectivity index (χ2v) is 5.87. The smallest absolute Gasteiger partial charge is 0.253 e. The maximum Gasteiger partial charge on any atom is 0.253 e. The van der Waals surface area contributed by atoms with E-state index in [0.717, 1.165) is 22.4 Å². The molecule has 120 valence electrons. The molecule has 1 amide bonds. The molecule has 0 unspecified atom stereocenters. The molecule has 5 heteroatoms. The summed E-state index contributed by atoms with van der Waals surface area (Å²) in [5.74, 6) is -0.173. The molecule has 0 aliphatic rings. The minimum atomic E-state index is -0.173. The standard InChI is InChI=1S/C19H16ClN3O/c1-13-4-6-16(17(20)9-13)18-7-5-15(12-22-18)19(24)23-11-14-3-2-8-21-10-14/h2-10,12H,11H2,1H3,(H,23,24). The molecule has 1 aromatic carbocycles. The van der Waals surface area contributed by atoms with Gasteiger partial charge in [-0.15, -0.1) is 0 Å². The number of aromatic nitrogens is 2. The van der Waals surface area contributed by atoms with Gasteiger partial charge in [0.15, 0.2) is 0 Å². The molecule has 2 heterocycles. The molecule has 2 aromatic heterocycles. The highest BCUT2D eigenvalue weighted by atomic mass is 35.5. The molecule has 3 rings (SSSR count). The summed E-state index contributed by atoms with van der Waals surface area (Å²) < 4.78 is 0. The molecule has 1 N–H and O–H groups in total. The first-order chi connectivity index (χ1) is 11.6. The van der Waals surface area contributed by atoms with Crippen molar-refractivity contribution in [1.82, 2.24) is 15.3 Å². The van der Waals surface area contributed by atoms with Crippen LogP contribution in [0.1, 0.15) is 21.5 Å². The second kappa shape index (κ2) is 7.23. The molecule has 0 bridgehead atoms. The number of carbonyl (C=O) groups excluding carboxylic acids is 1. The quantitative estimate of drug-likeness (QED) is 0.781. The third-order valence-electron chi connectivity index (χ3n) is 3.60. The molecule has 24 heavy (non-hydrogen) atoms. The molecular weight excluding hydrogens is 322 g/mol. The number of amides is 1. The SMILES string of the molecule is Cc1ccc(-c2ccc(C(=O)NCc3cccnc3)cn2)c(Cl)c1. The van der Waals surface area contributed by atoms with E-state index >= 15 is 0 Å². The summed E-state index contributed by atoms with van der Waals surface area (Å²) in [7, 11) is 0. The van der Waals surface area contributed by atoms with Gasteiger partial charge < -0.3 is 5.32 Å². The molecule has 4 nitrogen and oxygen atoms in total. The number of benzene rings is 1. The Labute approximate surface area is 145 Å². The largest absolute Gasteiger partial charge is 0.348 e. The van der Waals surface area contributed by atoms with E-state index in [0.29, 0.717) is 17.1 Å². The number of nitrogens with zero attached hydrogens (tertiary/aromatic N) is 2. The van der Waals surface area contributed by atoms with E-state index in [2.05, 4.69) is 15.3 Å². The lowest BCUT2D eigenvalue weighted by Gasteiger charge is -2.07. The van der Waals surface area contributed by atoms with E-state index in [1.165, 1.54) is 0 Å². The van der Waals surface area contributed by atoms with E-state index < -0.39 is 0 Å². The van der Waals surface area contributed by atoms with Crippen LogP contribution in [-0.2, 0) is 6.54 Å². The second-order valence-electron chi connectivity index (χ2n) is 5.46. The monoisotopic (exact) mass is 337 g/mol. The number of aryl methyl sites for hydroxylation is 1. The normalized spacial score (nSPS) is 10.4. The fourth-order valence-electron chi connectivity index (χ4n) is 2.30. The van der Waals surface area contributed by atoms with Gasteiger partial charge >= 0.3 is 0 Å². The van der Waals surface area contributed by atoms with Crippen molar-refractivity contribution in [3.05, 3.63) is 82.8 Å². The van der Waals surface area contributed by atoms with E-state index in [4.69, 9.17) is 11.6 Å². The van der Waals surface area contributed by atoms with Gasteiger partial charge in [0.2, 0.25) is 0 Å². The fraction of sp³-hybridized carbons (Fsp3) is 0.105. The summed E-state index contributed by atoms with van der Waals surface area (Å²) in [6.07, 6.45) is 4.98. The lowest BCUT2D eigenvalue weighted by atomic mass is 10.1. The van der Waals surface area contributed by atoms with E-state index in [9.17, 15) is 4.79 Å². The van der Waals surface area contributed by atoms with Crippen LogP contribution in [0.2, 0.25) is 5.02 Å². The number of rotatable bonds is 4. The third-order valence-corrected chi connectivity index (χ3v) is 3.91. The van der Waals surface area contributed by atoms with Crippen LogP contribution in [0, 0.1) is 6.92 Å². The van der Waals surface area contributed by atoms with Gasteiger partial charge in [0.05, 0.1) is 16.3 Å². The molecule has 0 saturated heterocycles. The minimum Gasteiger partial charge on any atom is -0.348 e. The van der Waals surface area contributed by atoms with Crippen LogP contribution < -0.4 is 5.32 Å². The highest BCUT2D eigenvalue weighted by Gasteiger charge is 2.09. The summed E-state index contributed by atoms with van der Waals surface area (Å²) in [5.41, 5.74) is 4.14. The predicted molar refractivity (Wildman–Crippen MR) is 94.8 cm³/mol. The molecule has 0 atom stereocenters. The third kappa shape index (κ3) is 3.78. The van der Waals surface area contributed by atoms with Crippen molar-refractivity contribution in [2.45, 2.75) is 13.5 Å². The summed E-state index contributed by atoms with van der Waals surface area (Å²) >= 11 is 6.26. The zero-order valence-corrected chi connectivity index (χ0v) is 13.9. The first-order valence-corrected chi connectivity index (χ1v) is 7.91. The van der Waals surface area contributed by atoms with Crippen molar-refractivity contribution in [2.75, 3.05) is 0 Å². The van der Waals surface area contributed by atoms with Crippen LogP contribution in [0.5, 0.6) is 0 Å². The number of hydrogen-bond donors (Lipinski definition) is 1. The number of pyridine rings is 2. The van der Waals surface area contributed by atoms with Crippen LogP contribution in [0.15, 0.2) is 61.1 Å². The van der Waals surface area contributed by atoms with Crippen molar-refractivity contribution in [1.29, 1.82) is 0 Å². The fourth-order valence-corrected chi connectivity index (χ4v) is 2.63. The van der Waals surface area contributed by atoms with Crippen LogP contribution in [-0.4, -0.2) is 15.9 Å². The summed E-state index contributed by atoms with van der Waals surface area (Å²) in [4.78, 5) is 20.6. The van der Waals surface area contributed by atoms with Crippen molar-refractivity contribution in [2.24, 2.45) is 0 Å². The number of carbonyl (C=O) groups is 1. The van der Waals surface area contributed by atoms with Gasteiger partial charge in [-0.05, 0) is 42.3 Å². The Bertz CT molecular complexity index is 848. The molecule has 0 aliphatic heterocycles. The van der Waals surface area contributed by atoms with Gasteiger partial charge in [0, 0.05) is 30.7 Å². The van der Waals surface area contributed by atoms with E-state index in [-0.39, 0.29) is 5.91 Å². The molecular formula is C19H16ClN3O. The van der Waals surface area contributed by atoms with E-state index in [1.54, 1.807) is 30.7 Å².